The topological polar surface area (TPSA) is 110 Å². The van der Waals surface area contributed by atoms with E-state index in [0.717, 1.165) is 9.80 Å². The third-order valence-electron chi connectivity index (χ3n) is 3.87. The van der Waals surface area contributed by atoms with Gasteiger partial charge in [-0.15, -0.1) is 0 Å². The molecule has 0 spiro atoms. The number of nitrogens with zero attached hydrogens (tertiary/aromatic N) is 3. The van der Waals surface area contributed by atoms with E-state index in [1.54, 1.807) is 12.1 Å². The second-order valence-electron chi connectivity index (χ2n) is 5.44. The molecule has 0 aliphatic carbocycles. The minimum Gasteiger partial charge on any atom is -0.497 e. The van der Waals surface area contributed by atoms with Crippen molar-refractivity contribution in [3.63, 3.8) is 0 Å². The lowest BCUT2D eigenvalue weighted by atomic mass is 10.2. The summed E-state index contributed by atoms with van der Waals surface area (Å²) in [7, 11) is 1.48. The average molecular weight is 355 g/mol. The predicted molar refractivity (Wildman–Crippen MR) is 89.5 cm³/mol. The molecule has 1 heterocycles. The largest absolute Gasteiger partial charge is 0.497 e. The number of anilines is 1. The van der Waals surface area contributed by atoms with Crippen LogP contribution in [-0.4, -0.2) is 34.8 Å². The van der Waals surface area contributed by atoms with E-state index in [-0.39, 0.29) is 17.9 Å². The van der Waals surface area contributed by atoms with Crippen LogP contribution in [0.15, 0.2) is 48.5 Å². The molecular formula is C17H13N3O6. The molecule has 0 atom stereocenters. The van der Waals surface area contributed by atoms with Gasteiger partial charge >= 0.3 is 17.8 Å². The summed E-state index contributed by atoms with van der Waals surface area (Å²) >= 11 is 0. The fourth-order valence-electron chi connectivity index (χ4n) is 2.51. The highest BCUT2D eigenvalue weighted by molar-refractivity contribution is 6.52. The van der Waals surface area contributed by atoms with Gasteiger partial charge in [-0.05, 0) is 29.8 Å². The van der Waals surface area contributed by atoms with E-state index in [2.05, 4.69) is 0 Å². The number of amides is 4. The molecule has 132 valence electrons. The smallest absolute Gasteiger partial charge is 0.339 e. The lowest BCUT2D eigenvalue weighted by molar-refractivity contribution is -0.384. The third-order valence-corrected chi connectivity index (χ3v) is 3.87. The molecule has 1 fully saturated rings. The summed E-state index contributed by atoms with van der Waals surface area (Å²) in [5.41, 5.74) is 0.630. The number of benzene rings is 2. The number of rotatable bonds is 5. The standard InChI is InChI=1S/C17H13N3O6/c1-26-14-8-6-12(7-9-14)19-16(22)15(21)18(17(19)23)10-11-2-4-13(5-3-11)20(24)25/h2-9H,10H2,1H3. The Balaban J connectivity index is 1.82. The van der Waals surface area contributed by atoms with E-state index in [1.165, 1.54) is 43.5 Å². The van der Waals surface area contributed by atoms with Gasteiger partial charge < -0.3 is 4.74 Å². The van der Waals surface area contributed by atoms with Crippen LogP contribution < -0.4 is 9.64 Å². The third kappa shape index (κ3) is 2.97. The highest BCUT2D eigenvalue weighted by atomic mass is 16.6. The van der Waals surface area contributed by atoms with Crippen molar-refractivity contribution in [1.29, 1.82) is 0 Å². The summed E-state index contributed by atoms with van der Waals surface area (Å²) < 4.78 is 5.02. The van der Waals surface area contributed by atoms with Gasteiger partial charge in [0.1, 0.15) is 5.75 Å². The molecule has 1 aliphatic heterocycles. The number of nitro benzene ring substituents is 1. The van der Waals surface area contributed by atoms with Crippen molar-refractivity contribution in [3.8, 4) is 5.75 Å². The van der Waals surface area contributed by atoms with Crippen LogP contribution in [0.4, 0.5) is 16.2 Å². The molecule has 9 heteroatoms. The minimum absolute atomic E-state index is 0.108. The summed E-state index contributed by atoms with van der Waals surface area (Å²) in [6.45, 7) is -0.159. The van der Waals surface area contributed by atoms with Crippen LogP contribution >= 0.6 is 0 Å². The summed E-state index contributed by atoms with van der Waals surface area (Å²) in [6.07, 6.45) is 0. The predicted octanol–water partition coefficient (Wildman–Crippen LogP) is 2.10. The normalized spacial score (nSPS) is 14.1. The van der Waals surface area contributed by atoms with Crippen molar-refractivity contribution in [2.75, 3.05) is 12.0 Å². The van der Waals surface area contributed by atoms with E-state index >= 15 is 0 Å². The molecular weight excluding hydrogens is 342 g/mol. The fraction of sp³-hybridized carbons (Fsp3) is 0.118. The van der Waals surface area contributed by atoms with Crippen molar-refractivity contribution in [1.82, 2.24) is 4.90 Å². The minimum atomic E-state index is -0.956. The Kier molecular flexibility index (Phi) is 4.36. The zero-order valence-electron chi connectivity index (χ0n) is 13.6. The SMILES string of the molecule is COc1ccc(N2C(=O)C(=O)N(Cc3ccc([N+](=O)[O-])cc3)C2=O)cc1. The molecule has 9 nitrogen and oxygen atoms in total. The Morgan fingerprint density at radius 3 is 2.12 bits per heavy atom. The first-order valence-corrected chi connectivity index (χ1v) is 7.49. The van der Waals surface area contributed by atoms with Crippen molar-refractivity contribution in [2.24, 2.45) is 0 Å². The van der Waals surface area contributed by atoms with Crippen molar-refractivity contribution in [2.45, 2.75) is 6.54 Å². The number of nitro groups is 1. The molecule has 0 aromatic heterocycles. The van der Waals surface area contributed by atoms with Crippen LogP contribution in [0.1, 0.15) is 5.56 Å². The second-order valence-corrected chi connectivity index (χ2v) is 5.44. The summed E-state index contributed by atoms with van der Waals surface area (Å²) in [5.74, 6) is -1.37. The summed E-state index contributed by atoms with van der Waals surface area (Å²) in [4.78, 5) is 48.6. The lowest BCUT2D eigenvalue weighted by Crippen LogP contribution is -2.33. The van der Waals surface area contributed by atoms with Crippen LogP contribution in [0.5, 0.6) is 5.75 Å². The van der Waals surface area contributed by atoms with Crippen molar-refractivity contribution >= 4 is 29.2 Å². The number of non-ortho nitro benzene ring substituents is 1. The van der Waals surface area contributed by atoms with Crippen molar-refractivity contribution < 1.29 is 24.0 Å². The van der Waals surface area contributed by atoms with Crippen LogP contribution in [0.2, 0.25) is 0 Å². The van der Waals surface area contributed by atoms with Gasteiger partial charge in [0, 0.05) is 12.1 Å². The van der Waals surface area contributed by atoms with Crippen LogP contribution in [-0.2, 0) is 16.1 Å². The molecule has 4 amide bonds. The zero-order valence-corrected chi connectivity index (χ0v) is 13.6. The highest BCUT2D eigenvalue weighted by Gasteiger charge is 2.45. The first-order chi connectivity index (χ1) is 12.4. The molecule has 0 bridgehead atoms. The van der Waals surface area contributed by atoms with Gasteiger partial charge in [0.15, 0.2) is 0 Å². The Hall–Kier alpha value is -3.75. The molecule has 0 unspecified atom stereocenters. The maximum absolute atomic E-state index is 12.5. The van der Waals surface area contributed by atoms with E-state index in [4.69, 9.17) is 4.74 Å². The molecule has 0 N–H and O–H groups in total. The first kappa shape index (κ1) is 17.1. The van der Waals surface area contributed by atoms with Crippen molar-refractivity contribution in [3.05, 3.63) is 64.2 Å². The van der Waals surface area contributed by atoms with E-state index < -0.39 is 22.8 Å². The van der Waals surface area contributed by atoms with Crippen LogP contribution in [0.25, 0.3) is 0 Å². The van der Waals surface area contributed by atoms with E-state index in [0.29, 0.717) is 11.3 Å². The molecule has 26 heavy (non-hydrogen) atoms. The maximum atomic E-state index is 12.5. The van der Waals surface area contributed by atoms with Gasteiger partial charge in [0.25, 0.3) is 5.69 Å². The van der Waals surface area contributed by atoms with Gasteiger partial charge in [-0.1, -0.05) is 12.1 Å². The van der Waals surface area contributed by atoms with Gasteiger partial charge in [0.2, 0.25) is 0 Å². The molecule has 3 rings (SSSR count). The van der Waals surface area contributed by atoms with Crippen LogP contribution in [0, 0.1) is 10.1 Å². The molecule has 0 saturated carbocycles. The van der Waals surface area contributed by atoms with Gasteiger partial charge in [-0.25, -0.2) is 9.69 Å². The molecule has 2 aromatic carbocycles. The zero-order chi connectivity index (χ0) is 18.8. The maximum Gasteiger partial charge on any atom is 0.339 e. The first-order valence-electron chi connectivity index (χ1n) is 7.49. The van der Waals surface area contributed by atoms with Gasteiger partial charge in [-0.2, -0.15) is 0 Å². The van der Waals surface area contributed by atoms with Gasteiger partial charge in [0.05, 0.1) is 24.3 Å². The number of urea groups is 1. The second kappa shape index (κ2) is 6.63. The monoisotopic (exact) mass is 355 g/mol. The average Bonchev–Trinajstić information content (AvgIpc) is 2.86. The lowest BCUT2D eigenvalue weighted by Gasteiger charge is -2.15. The summed E-state index contributed by atoms with van der Waals surface area (Å²) in [6, 6.07) is 10.8. The number of ether oxygens (including phenoxy) is 1. The number of hydrogen-bond donors (Lipinski definition) is 0. The number of methoxy groups -OCH3 is 1. The number of imide groups is 2. The number of hydrogen-bond acceptors (Lipinski definition) is 6. The Morgan fingerprint density at radius 2 is 1.58 bits per heavy atom. The van der Waals surface area contributed by atoms with E-state index in [1.807, 2.05) is 0 Å². The van der Waals surface area contributed by atoms with Crippen LogP contribution in [0.3, 0.4) is 0 Å². The summed E-state index contributed by atoms with van der Waals surface area (Å²) in [5, 5.41) is 10.7. The quantitative estimate of drug-likeness (QED) is 0.351. The Labute approximate surface area is 147 Å². The van der Waals surface area contributed by atoms with E-state index in [9.17, 15) is 24.5 Å². The molecule has 0 radical (unpaired) electrons. The van der Waals surface area contributed by atoms with Gasteiger partial charge in [-0.3, -0.25) is 24.6 Å². The molecule has 2 aromatic rings. The fourth-order valence-corrected chi connectivity index (χ4v) is 2.51. The Bertz CT molecular complexity index is 892. The molecule has 1 saturated heterocycles. The molecule has 1 aliphatic rings. The highest BCUT2D eigenvalue weighted by Crippen LogP contribution is 2.26. The number of carbonyl (C=O) groups is 3. The number of carbonyl (C=O) groups excluding carboxylic acids is 3. The Morgan fingerprint density at radius 1 is 0.962 bits per heavy atom.